The Morgan fingerprint density at radius 1 is 1.14 bits per heavy atom. The number of halogens is 2. The van der Waals surface area contributed by atoms with E-state index in [1.165, 1.54) is 0 Å². The van der Waals surface area contributed by atoms with E-state index < -0.39 is 0 Å². The van der Waals surface area contributed by atoms with E-state index in [0.29, 0.717) is 34.3 Å². The Kier molecular flexibility index (Phi) is 6.16. The van der Waals surface area contributed by atoms with Crippen LogP contribution in [0, 0.1) is 30.1 Å². The molecule has 0 unspecified atom stereocenters. The first-order chi connectivity index (χ1) is 13.5. The second-order valence-corrected chi connectivity index (χ2v) is 6.87. The molecule has 0 atom stereocenters. The van der Waals surface area contributed by atoms with Gasteiger partial charge in [-0.2, -0.15) is 10.4 Å². The van der Waals surface area contributed by atoms with Crippen molar-refractivity contribution in [3.05, 3.63) is 69.3 Å². The lowest BCUT2D eigenvalue weighted by molar-refractivity contribution is 0.111. The molecular weight excluding hydrogens is 393 g/mol. The molecule has 0 N–H and O–H groups in total. The van der Waals surface area contributed by atoms with Gasteiger partial charge in [0.25, 0.3) is 0 Å². The molecule has 3 rings (SSSR count). The van der Waals surface area contributed by atoms with Crippen LogP contribution in [0.3, 0.4) is 0 Å². The maximum atomic E-state index is 11.4. The quantitative estimate of drug-likeness (QED) is 0.320. The van der Waals surface area contributed by atoms with Crippen LogP contribution >= 0.6 is 23.2 Å². The molecular formula is C22H15Cl2N3O. The molecule has 0 bridgehead atoms. The van der Waals surface area contributed by atoms with Crippen molar-refractivity contribution < 1.29 is 4.79 Å². The van der Waals surface area contributed by atoms with Gasteiger partial charge < -0.3 is 0 Å². The lowest BCUT2D eigenvalue weighted by Gasteiger charge is -2.11. The minimum Gasteiger partial charge on any atom is -0.296 e. The zero-order chi connectivity index (χ0) is 20.1. The molecule has 28 heavy (non-hydrogen) atoms. The van der Waals surface area contributed by atoms with Gasteiger partial charge in [-0.3, -0.25) is 4.79 Å². The Morgan fingerprint density at radius 3 is 2.54 bits per heavy atom. The first-order valence-electron chi connectivity index (χ1n) is 8.51. The molecule has 1 heterocycles. The van der Waals surface area contributed by atoms with Crippen molar-refractivity contribution in [2.24, 2.45) is 0 Å². The molecule has 0 saturated heterocycles. The summed E-state index contributed by atoms with van der Waals surface area (Å²) in [5, 5.41) is 13.9. The summed E-state index contributed by atoms with van der Waals surface area (Å²) in [6, 6.07) is 14.8. The second-order valence-electron chi connectivity index (χ2n) is 6.02. The van der Waals surface area contributed by atoms with E-state index in [1.807, 2.05) is 31.2 Å². The maximum Gasteiger partial charge on any atom is 0.170 e. The Labute approximate surface area is 173 Å². The molecule has 0 aliphatic rings. The Bertz CT molecular complexity index is 1130. The van der Waals surface area contributed by atoms with Crippen molar-refractivity contribution in [3.8, 4) is 34.9 Å². The van der Waals surface area contributed by atoms with Crippen LogP contribution in [0.4, 0.5) is 0 Å². The molecule has 1 aromatic heterocycles. The van der Waals surface area contributed by atoms with Crippen LogP contribution < -0.4 is 0 Å². The first-order valence-corrected chi connectivity index (χ1v) is 9.27. The molecule has 0 spiro atoms. The van der Waals surface area contributed by atoms with E-state index in [1.54, 1.807) is 22.9 Å². The van der Waals surface area contributed by atoms with Gasteiger partial charge in [0.1, 0.15) is 5.69 Å². The molecule has 0 fully saturated rings. The highest BCUT2D eigenvalue weighted by Crippen LogP contribution is 2.32. The standard InChI is InChI=1S/C22H15Cl2N3O/c1-15-20(14-28)26-27(21-11-10-18(23)13-19(21)24)22(15)17-8-6-16(7-9-17)5-3-2-4-12-25/h6-11,13-14H,2,4H2,1H3. The zero-order valence-corrected chi connectivity index (χ0v) is 16.6. The lowest BCUT2D eigenvalue weighted by atomic mass is 10.0. The topological polar surface area (TPSA) is 58.7 Å². The van der Waals surface area contributed by atoms with Crippen molar-refractivity contribution in [2.75, 3.05) is 0 Å². The number of carbonyl (C=O) groups excluding carboxylic acids is 1. The van der Waals surface area contributed by atoms with Crippen LogP contribution in [0.2, 0.25) is 10.0 Å². The molecule has 6 heteroatoms. The normalized spacial score (nSPS) is 10.1. The average molecular weight is 408 g/mol. The molecule has 4 nitrogen and oxygen atoms in total. The smallest absolute Gasteiger partial charge is 0.170 e. The van der Waals surface area contributed by atoms with E-state index in [2.05, 4.69) is 23.0 Å². The highest BCUT2D eigenvalue weighted by Gasteiger charge is 2.18. The van der Waals surface area contributed by atoms with Crippen LogP contribution in [0.5, 0.6) is 0 Å². The minimum atomic E-state index is 0.349. The Morgan fingerprint density at radius 2 is 1.89 bits per heavy atom. The maximum absolute atomic E-state index is 11.4. The van der Waals surface area contributed by atoms with Crippen LogP contribution in [0.1, 0.15) is 34.5 Å². The predicted molar refractivity (Wildman–Crippen MR) is 111 cm³/mol. The third-order valence-electron chi connectivity index (χ3n) is 4.16. The van der Waals surface area contributed by atoms with Crippen molar-refractivity contribution in [1.82, 2.24) is 9.78 Å². The largest absolute Gasteiger partial charge is 0.296 e. The van der Waals surface area contributed by atoms with Gasteiger partial charge in [-0.1, -0.05) is 47.2 Å². The zero-order valence-electron chi connectivity index (χ0n) is 15.0. The van der Waals surface area contributed by atoms with Gasteiger partial charge in [0.2, 0.25) is 0 Å². The number of rotatable bonds is 4. The van der Waals surface area contributed by atoms with E-state index >= 15 is 0 Å². The Hall–Kier alpha value is -3.05. The van der Waals surface area contributed by atoms with Gasteiger partial charge in [-0.05, 0) is 37.3 Å². The molecule has 0 amide bonds. The van der Waals surface area contributed by atoms with Crippen LogP contribution in [0.15, 0.2) is 42.5 Å². The predicted octanol–water partition coefficient (Wildman–Crippen LogP) is 5.62. The van der Waals surface area contributed by atoms with Crippen LogP contribution in [-0.4, -0.2) is 16.1 Å². The third-order valence-corrected chi connectivity index (χ3v) is 4.70. The summed E-state index contributed by atoms with van der Waals surface area (Å²) in [7, 11) is 0. The van der Waals surface area contributed by atoms with Crippen molar-refractivity contribution in [2.45, 2.75) is 19.8 Å². The highest BCUT2D eigenvalue weighted by atomic mass is 35.5. The van der Waals surface area contributed by atoms with Gasteiger partial charge in [-0.15, -0.1) is 0 Å². The Balaban J connectivity index is 2.06. The SMILES string of the molecule is Cc1c(C=O)nn(-c2ccc(Cl)cc2Cl)c1-c1ccc(C#CCCC#N)cc1. The van der Waals surface area contributed by atoms with Gasteiger partial charge in [0, 0.05) is 34.6 Å². The molecule has 0 aliphatic heterocycles. The number of hydrogen-bond donors (Lipinski definition) is 0. The summed E-state index contributed by atoms with van der Waals surface area (Å²) >= 11 is 12.4. The fraction of sp³-hybridized carbons (Fsp3) is 0.136. The summed E-state index contributed by atoms with van der Waals surface area (Å²) in [5.74, 6) is 6.01. The molecule has 2 aromatic carbocycles. The van der Waals surface area contributed by atoms with Crippen molar-refractivity contribution >= 4 is 29.5 Å². The highest BCUT2D eigenvalue weighted by molar-refractivity contribution is 6.35. The van der Waals surface area contributed by atoms with Gasteiger partial charge in [-0.25, -0.2) is 4.68 Å². The number of nitrogens with zero attached hydrogens (tertiary/aromatic N) is 3. The summed E-state index contributed by atoms with van der Waals surface area (Å²) in [6.45, 7) is 1.85. The van der Waals surface area contributed by atoms with Gasteiger partial charge in [0.05, 0.1) is 22.5 Å². The minimum absolute atomic E-state index is 0.349. The third kappa shape index (κ3) is 4.10. The van der Waals surface area contributed by atoms with E-state index in [9.17, 15) is 4.79 Å². The lowest BCUT2D eigenvalue weighted by Crippen LogP contribution is -2.01. The number of aldehydes is 1. The number of carbonyl (C=O) groups is 1. The second kappa shape index (κ2) is 8.76. The summed E-state index contributed by atoms with van der Waals surface area (Å²) in [4.78, 5) is 11.4. The van der Waals surface area contributed by atoms with Crippen LogP contribution in [0.25, 0.3) is 16.9 Å². The summed E-state index contributed by atoms with van der Waals surface area (Å²) in [5.41, 5.74) is 4.25. The molecule has 0 aliphatic carbocycles. The number of benzene rings is 2. The van der Waals surface area contributed by atoms with Gasteiger partial charge in [0.15, 0.2) is 6.29 Å². The number of nitriles is 1. The van der Waals surface area contributed by atoms with E-state index in [0.717, 1.165) is 28.7 Å². The molecule has 3 aromatic rings. The van der Waals surface area contributed by atoms with Gasteiger partial charge >= 0.3 is 0 Å². The number of hydrogen-bond acceptors (Lipinski definition) is 3. The van der Waals surface area contributed by atoms with Crippen LogP contribution in [-0.2, 0) is 0 Å². The fourth-order valence-corrected chi connectivity index (χ4v) is 3.27. The monoisotopic (exact) mass is 407 g/mol. The number of unbranched alkanes of at least 4 members (excludes halogenated alkanes) is 1. The van der Waals surface area contributed by atoms with Crippen molar-refractivity contribution in [1.29, 1.82) is 5.26 Å². The summed E-state index contributed by atoms with van der Waals surface area (Å²) in [6.07, 6.45) is 1.69. The van der Waals surface area contributed by atoms with E-state index in [-0.39, 0.29) is 0 Å². The molecule has 0 radical (unpaired) electrons. The van der Waals surface area contributed by atoms with E-state index in [4.69, 9.17) is 28.5 Å². The average Bonchev–Trinajstić information content (AvgIpc) is 3.02. The molecule has 138 valence electrons. The first kappa shape index (κ1) is 19.7. The summed E-state index contributed by atoms with van der Waals surface area (Å²) < 4.78 is 1.66. The number of aromatic nitrogens is 2. The fourth-order valence-electron chi connectivity index (χ4n) is 2.79. The van der Waals surface area contributed by atoms with Crippen molar-refractivity contribution in [3.63, 3.8) is 0 Å². The molecule has 0 saturated carbocycles.